The summed E-state index contributed by atoms with van der Waals surface area (Å²) >= 11 is 1.34. The molecule has 4 rings (SSSR count). The smallest absolute Gasteiger partial charge is 0.257 e. The molecule has 0 bridgehead atoms. The Hall–Kier alpha value is -3.06. The number of amides is 2. The van der Waals surface area contributed by atoms with Crippen molar-refractivity contribution in [2.45, 2.75) is 6.42 Å². The molecular formula is C17H12N4O2S. The van der Waals surface area contributed by atoms with Gasteiger partial charge >= 0.3 is 0 Å². The molecule has 1 aromatic carbocycles. The Kier molecular flexibility index (Phi) is 3.55. The van der Waals surface area contributed by atoms with Gasteiger partial charge in [0.05, 0.1) is 12.1 Å². The molecule has 0 saturated carbocycles. The van der Waals surface area contributed by atoms with Crippen molar-refractivity contribution < 1.29 is 9.59 Å². The van der Waals surface area contributed by atoms with Crippen molar-refractivity contribution in [3.63, 3.8) is 0 Å². The van der Waals surface area contributed by atoms with Gasteiger partial charge in [-0.1, -0.05) is 6.07 Å². The Labute approximate surface area is 141 Å². The average molecular weight is 336 g/mol. The molecule has 0 unspecified atom stereocenters. The van der Waals surface area contributed by atoms with Gasteiger partial charge in [0.2, 0.25) is 5.91 Å². The zero-order valence-corrected chi connectivity index (χ0v) is 13.3. The second-order valence-electron chi connectivity index (χ2n) is 5.30. The van der Waals surface area contributed by atoms with Crippen LogP contribution in [0.1, 0.15) is 15.9 Å². The second-order valence-corrected chi connectivity index (χ2v) is 6.16. The van der Waals surface area contributed by atoms with E-state index < -0.39 is 0 Å². The number of nitrogens with one attached hydrogen (secondary N) is 2. The van der Waals surface area contributed by atoms with E-state index in [1.807, 2.05) is 23.6 Å². The van der Waals surface area contributed by atoms with Crippen LogP contribution in [0.25, 0.3) is 11.4 Å². The molecule has 0 spiro atoms. The number of hydrogen-bond acceptors (Lipinski definition) is 5. The zero-order valence-electron chi connectivity index (χ0n) is 12.4. The molecule has 118 valence electrons. The first-order valence-corrected chi connectivity index (χ1v) is 8.18. The lowest BCUT2D eigenvalue weighted by Gasteiger charge is -2.04. The maximum absolute atomic E-state index is 12.4. The predicted octanol–water partition coefficient (Wildman–Crippen LogP) is 2.95. The van der Waals surface area contributed by atoms with E-state index in [0.29, 0.717) is 17.1 Å². The number of aromatic nitrogens is 2. The van der Waals surface area contributed by atoms with Crippen LogP contribution in [-0.4, -0.2) is 21.8 Å². The molecule has 0 saturated heterocycles. The van der Waals surface area contributed by atoms with Crippen molar-refractivity contribution in [1.82, 2.24) is 9.97 Å². The Balaban J connectivity index is 1.52. The lowest BCUT2D eigenvalue weighted by molar-refractivity contribution is -0.115. The van der Waals surface area contributed by atoms with Crippen LogP contribution in [-0.2, 0) is 11.2 Å². The lowest BCUT2D eigenvalue weighted by atomic mass is 10.1. The number of fused-ring (bicyclic) bond motifs is 1. The van der Waals surface area contributed by atoms with Gasteiger partial charge in [0, 0.05) is 22.8 Å². The van der Waals surface area contributed by atoms with E-state index in [4.69, 9.17) is 0 Å². The molecule has 1 aliphatic heterocycles. The highest BCUT2D eigenvalue weighted by Gasteiger charge is 2.19. The zero-order chi connectivity index (χ0) is 16.5. The molecule has 0 fully saturated rings. The molecule has 0 radical (unpaired) electrons. The monoisotopic (exact) mass is 336 g/mol. The molecule has 0 aliphatic carbocycles. The number of anilines is 2. The van der Waals surface area contributed by atoms with E-state index in [0.717, 1.165) is 22.6 Å². The van der Waals surface area contributed by atoms with Gasteiger partial charge < -0.3 is 5.32 Å². The highest BCUT2D eigenvalue weighted by molar-refractivity contribution is 7.14. The summed E-state index contributed by atoms with van der Waals surface area (Å²) in [5, 5.41) is 7.89. The van der Waals surface area contributed by atoms with Crippen molar-refractivity contribution in [2.75, 3.05) is 10.6 Å². The van der Waals surface area contributed by atoms with Gasteiger partial charge in [0.15, 0.2) is 5.13 Å². The number of carbonyl (C=O) groups is 2. The molecule has 2 N–H and O–H groups in total. The van der Waals surface area contributed by atoms with Gasteiger partial charge in [-0.15, -0.1) is 11.3 Å². The van der Waals surface area contributed by atoms with Gasteiger partial charge in [-0.25, -0.2) is 4.98 Å². The quantitative estimate of drug-likeness (QED) is 0.770. The third kappa shape index (κ3) is 2.77. The summed E-state index contributed by atoms with van der Waals surface area (Å²) in [6.07, 6.45) is 2.00. The molecule has 2 amide bonds. The van der Waals surface area contributed by atoms with Crippen LogP contribution < -0.4 is 10.6 Å². The summed E-state index contributed by atoms with van der Waals surface area (Å²) in [4.78, 5) is 32.4. The third-order valence-corrected chi connectivity index (χ3v) is 4.40. The van der Waals surface area contributed by atoms with Gasteiger partial charge in [0.25, 0.3) is 5.91 Å². The summed E-state index contributed by atoms with van der Waals surface area (Å²) in [6, 6.07) is 10.8. The normalized spacial score (nSPS) is 12.6. The van der Waals surface area contributed by atoms with Crippen LogP contribution in [0.3, 0.4) is 0 Å². The number of pyridine rings is 1. The van der Waals surface area contributed by atoms with Crippen LogP contribution in [0.4, 0.5) is 10.8 Å². The number of benzene rings is 1. The maximum atomic E-state index is 12.4. The minimum atomic E-state index is -0.251. The van der Waals surface area contributed by atoms with E-state index in [-0.39, 0.29) is 11.8 Å². The Bertz CT molecular complexity index is 937. The first-order chi connectivity index (χ1) is 11.7. The second kappa shape index (κ2) is 5.86. The van der Waals surface area contributed by atoms with Crippen LogP contribution in [0, 0.1) is 0 Å². The lowest BCUT2D eigenvalue weighted by Crippen LogP contribution is -2.11. The first-order valence-electron chi connectivity index (χ1n) is 7.30. The summed E-state index contributed by atoms with van der Waals surface area (Å²) in [5.41, 5.74) is 3.58. The fourth-order valence-electron chi connectivity index (χ4n) is 2.50. The minimum Gasteiger partial charge on any atom is -0.326 e. The summed E-state index contributed by atoms with van der Waals surface area (Å²) in [5.74, 6) is -0.304. The molecule has 2 aromatic heterocycles. The van der Waals surface area contributed by atoms with E-state index in [1.54, 1.807) is 24.4 Å². The summed E-state index contributed by atoms with van der Waals surface area (Å²) in [6.45, 7) is 0. The Morgan fingerprint density at radius 2 is 2.12 bits per heavy atom. The van der Waals surface area contributed by atoms with E-state index in [9.17, 15) is 9.59 Å². The van der Waals surface area contributed by atoms with Gasteiger partial charge in [-0.05, 0) is 35.9 Å². The van der Waals surface area contributed by atoms with Gasteiger partial charge in [-0.3, -0.25) is 19.9 Å². The molecule has 1 aliphatic rings. The SMILES string of the molecule is O=C1Cc2cc(C(=O)Nc3nc(-c4ccccn4)cs3)ccc2N1. The molecule has 7 heteroatoms. The largest absolute Gasteiger partial charge is 0.326 e. The highest BCUT2D eigenvalue weighted by Crippen LogP contribution is 2.26. The van der Waals surface area contributed by atoms with Crippen molar-refractivity contribution in [1.29, 1.82) is 0 Å². The fraction of sp³-hybridized carbons (Fsp3) is 0.0588. The topological polar surface area (TPSA) is 84.0 Å². The summed E-state index contributed by atoms with van der Waals surface area (Å²) < 4.78 is 0. The minimum absolute atomic E-state index is 0.0533. The van der Waals surface area contributed by atoms with Crippen molar-refractivity contribution in [3.05, 3.63) is 59.1 Å². The summed E-state index contributed by atoms with van der Waals surface area (Å²) in [7, 11) is 0. The van der Waals surface area contributed by atoms with E-state index in [1.165, 1.54) is 11.3 Å². The van der Waals surface area contributed by atoms with E-state index in [2.05, 4.69) is 20.6 Å². The van der Waals surface area contributed by atoms with Crippen LogP contribution >= 0.6 is 11.3 Å². The first kappa shape index (κ1) is 14.5. The predicted molar refractivity (Wildman–Crippen MR) is 92.1 cm³/mol. The molecule has 0 atom stereocenters. The van der Waals surface area contributed by atoms with Crippen LogP contribution in [0.2, 0.25) is 0 Å². The van der Waals surface area contributed by atoms with Crippen LogP contribution in [0.15, 0.2) is 48.0 Å². The highest BCUT2D eigenvalue weighted by atomic mass is 32.1. The molecule has 24 heavy (non-hydrogen) atoms. The number of nitrogens with zero attached hydrogens (tertiary/aromatic N) is 2. The van der Waals surface area contributed by atoms with Crippen LogP contribution in [0.5, 0.6) is 0 Å². The Morgan fingerprint density at radius 1 is 1.21 bits per heavy atom. The third-order valence-electron chi connectivity index (χ3n) is 3.64. The number of rotatable bonds is 3. The fourth-order valence-corrected chi connectivity index (χ4v) is 3.20. The maximum Gasteiger partial charge on any atom is 0.257 e. The van der Waals surface area contributed by atoms with Gasteiger partial charge in [-0.2, -0.15) is 0 Å². The molecule has 3 heterocycles. The molecular weight excluding hydrogens is 324 g/mol. The van der Waals surface area contributed by atoms with Crippen molar-refractivity contribution >= 4 is 34.0 Å². The molecule has 6 nitrogen and oxygen atoms in total. The number of thiazole rings is 1. The molecule has 3 aromatic rings. The average Bonchev–Trinajstić information content (AvgIpc) is 3.20. The van der Waals surface area contributed by atoms with Gasteiger partial charge in [0.1, 0.15) is 5.69 Å². The van der Waals surface area contributed by atoms with Crippen molar-refractivity contribution in [2.24, 2.45) is 0 Å². The number of hydrogen-bond donors (Lipinski definition) is 2. The van der Waals surface area contributed by atoms with Crippen molar-refractivity contribution in [3.8, 4) is 11.4 Å². The van der Waals surface area contributed by atoms with E-state index >= 15 is 0 Å². The Morgan fingerprint density at radius 3 is 2.96 bits per heavy atom. The standard InChI is InChI=1S/C17H12N4O2S/c22-15-8-11-7-10(4-5-12(11)19-15)16(23)21-17-20-14(9-24-17)13-3-1-2-6-18-13/h1-7,9H,8H2,(H,19,22)(H,20,21,23). The number of carbonyl (C=O) groups excluding carboxylic acids is 2.